The van der Waals surface area contributed by atoms with Crippen LogP contribution in [-0.4, -0.2) is 28.4 Å². The minimum Gasteiger partial charge on any atom is -0.309 e. The van der Waals surface area contributed by atoms with Gasteiger partial charge in [-0.05, 0) is 6.92 Å². The van der Waals surface area contributed by atoms with Gasteiger partial charge in [0.1, 0.15) is 0 Å². The lowest BCUT2D eigenvalue weighted by Gasteiger charge is -2.06. The molecule has 0 saturated heterocycles. The summed E-state index contributed by atoms with van der Waals surface area (Å²) in [6.45, 7) is 1.75. The van der Waals surface area contributed by atoms with Crippen LogP contribution in [-0.2, 0) is 27.2 Å². The van der Waals surface area contributed by atoms with E-state index in [1.807, 2.05) is 0 Å². The zero-order valence-electron chi connectivity index (χ0n) is 9.50. The lowest BCUT2D eigenvalue weighted by molar-refractivity contribution is 0.286. The van der Waals surface area contributed by atoms with E-state index < -0.39 is 15.9 Å². The average Bonchev–Trinajstić information content (AvgIpc) is 2.29. The fourth-order valence-corrected chi connectivity index (χ4v) is 1.36. The molecule has 90 valence electrons. The molecule has 6 nitrogen and oxygen atoms in total. The third-order valence-corrected chi connectivity index (χ3v) is 3.42. The Morgan fingerprint density at radius 3 is 1.53 bits per heavy atom. The van der Waals surface area contributed by atoms with Crippen molar-refractivity contribution in [3.63, 3.8) is 0 Å². The van der Waals surface area contributed by atoms with E-state index in [1.54, 1.807) is 13.0 Å². The minimum absolute atomic E-state index is 1.32. The molecule has 15 heavy (non-hydrogen) atoms. The van der Waals surface area contributed by atoms with Gasteiger partial charge < -0.3 is 9.05 Å². The Hall–Kier alpha value is -0.0900. The molecular weight excluding hydrogens is 242 g/mol. The van der Waals surface area contributed by atoms with E-state index in [0.717, 1.165) is 0 Å². The highest BCUT2D eigenvalue weighted by atomic mass is 31.2. The van der Waals surface area contributed by atoms with Crippen molar-refractivity contribution in [2.45, 2.75) is 6.92 Å². The van der Waals surface area contributed by atoms with Crippen molar-refractivity contribution in [1.29, 1.82) is 0 Å². The summed E-state index contributed by atoms with van der Waals surface area (Å²) >= 11 is 0. The van der Waals surface area contributed by atoms with Gasteiger partial charge in [0.05, 0.1) is 14.2 Å². The van der Waals surface area contributed by atoms with Crippen molar-refractivity contribution in [3.8, 4) is 0 Å². The predicted molar refractivity (Wildman–Crippen MR) is 58.1 cm³/mol. The molecule has 0 spiro atoms. The van der Waals surface area contributed by atoms with E-state index in [0.29, 0.717) is 0 Å². The lowest BCUT2D eigenvalue weighted by atomic mass is 10.8. The summed E-state index contributed by atoms with van der Waals surface area (Å²) in [6.07, 6.45) is 1.63. The Labute approximate surface area is 91.0 Å². The Kier molecular flexibility index (Phi) is 12.0. The number of allylic oxidation sites excluding steroid dienone is 1. The van der Waals surface area contributed by atoms with E-state index in [1.165, 1.54) is 34.3 Å². The third-order valence-electron chi connectivity index (χ3n) is 1.14. The van der Waals surface area contributed by atoms with Crippen LogP contribution in [0.5, 0.6) is 0 Å². The molecule has 0 rings (SSSR count). The maximum atomic E-state index is 11.0. The molecule has 0 N–H and O–H groups in total. The Morgan fingerprint density at radius 2 is 1.47 bits per heavy atom. The topological polar surface area (TPSA) is 71.1 Å². The van der Waals surface area contributed by atoms with Gasteiger partial charge in [-0.1, -0.05) is 6.08 Å². The Balaban J connectivity index is 0. The molecular formula is C7H17O6P2+. The summed E-state index contributed by atoms with van der Waals surface area (Å²) in [5.74, 6) is 1.41. The van der Waals surface area contributed by atoms with Gasteiger partial charge >= 0.3 is 15.9 Å². The first-order valence-corrected chi connectivity index (χ1v) is 6.60. The van der Waals surface area contributed by atoms with Crippen LogP contribution < -0.4 is 0 Å². The summed E-state index contributed by atoms with van der Waals surface area (Å²) in [6, 6.07) is 0. The first-order chi connectivity index (χ1) is 6.99. The molecule has 0 unspecified atom stereocenters. The highest BCUT2D eigenvalue weighted by Gasteiger charge is 2.14. The van der Waals surface area contributed by atoms with Crippen LogP contribution in [0.4, 0.5) is 0 Å². The van der Waals surface area contributed by atoms with Gasteiger partial charge in [0, 0.05) is 24.6 Å². The maximum Gasteiger partial charge on any atom is 0.696 e. The summed E-state index contributed by atoms with van der Waals surface area (Å²) in [5, 5.41) is 0. The number of hydrogen-bond donors (Lipinski definition) is 0. The highest BCUT2D eigenvalue weighted by molar-refractivity contribution is 7.57. The first kappa shape index (κ1) is 17.3. The summed E-state index contributed by atoms with van der Waals surface area (Å²) in [5.41, 5.74) is 0. The normalized spacial score (nSPS) is 11.0. The van der Waals surface area contributed by atoms with Crippen LogP contribution in [0.2, 0.25) is 0 Å². The molecule has 0 atom stereocenters. The molecule has 0 aliphatic heterocycles. The van der Waals surface area contributed by atoms with Crippen LogP contribution in [0.3, 0.4) is 0 Å². The second-order valence-electron chi connectivity index (χ2n) is 1.98. The second-order valence-corrected chi connectivity index (χ2v) is 5.26. The molecule has 0 bridgehead atoms. The van der Waals surface area contributed by atoms with Gasteiger partial charge in [0.25, 0.3) is 0 Å². The van der Waals surface area contributed by atoms with Gasteiger partial charge in [0.15, 0.2) is 0 Å². The minimum atomic E-state index is -2.86. The van der Waals surface area contributed by atoms with Crippen molar-refractivity contribution in [1.82, 2.24) is 0 Å². The first-order valence-electron chi connectivity index (χ1n) is 3.90. The Morgan fingerprint density at radius 1 is 1.07 bits per heavy atom. The molecule has 0 aromatic heterocycles. The number of rotatable bonds is 5. The Bertz CT molecular complexity index is 226. The van der Waals surface area contributed by atoms with Crippen molar-refractivity contribution >= 4 is 15.9 Å². The fraction of sp³-hybridized carbons (Fsp3) is 0.714. The van der Waals surface area contributed by atoms with E-state index in [-0.39, 0.29) is 0 Å². The molecule has 0 aliphatic carbocycles. The molecule has 0 fully saturated rings. The van der Waals surface area contributed by atoms with Gasteiger partial charge in [-0.15, -0.1) is 9.05 Å². The average molecular weight is 259 g/mol. The van der Waals surface area contributed by atoms with E-state index in [9.17, 15) is 9.13 Å². The van der Waals surface area contributed by atoms with Crippen molar-refractivity contribution < 1.29 is 27.2 Å². The molecule has 0 aliphatic rings. The van der Waals surface area contributed by atoms with Crippen LogP contribution in [0, 0.1) is 0 Å². The fourth-order valence-electron chi connectivity index (χ4n) is 0.453. The molecule has 8 heteroatoms. The van der Waals surface area contributed by atoms with Crippen LogP contribution in [0.15, 0.2) is 11.9 Å². The van der Waals surface area contributed by atoms with Crippen molar-refractivity contribution in [2.24, 2.45) is 0 Å². The van der Waals surface area contributed by atoms with Crippen LogP contribution >= 0.6 is 15.9 Å². The number of hydrogen-bond acceptors (Lipinski definition) is 6. The zero-order chi connectivity index (χ0) is 12.3. The molecule has 0 aromatic carbocycles. The van der Waals surface area contributed by atoms with E-state index in [2.05, 4.69) is 18.1 Å². The highest BCUT2D eigenvalue weighted by Crippen LogP contribution is 2.47. The van der Waals surface area contributed by atoms with E-state index >= 15 is 0 Å². The molecule has 0 amide bonds. The monoisotopic (exact) mass is 259 g/mol. The summed E-state index contributed by atoms with van der Waals surface area (Å²) < 4.78 is 38.4. The van der Waals surface area contributed by atoms with Crippen molar-refractivity contribution in [2.75, 3.05) is 28.4 Å². The SMILES string of the molecule is C/C=C/P(=O)(OC)OC.CO[P+](=O)OC. The molecule has 0 saturated carbocycles. The largest absolute Gasteiger partial charge is 0.696 e. The van der Waals surface area contributed by atoms with E-state index in [4.69, 9.17) is 0 Å². The summed E-state index contributed by atoms with van der Waals surface area (Å²) in [7, 11) is 0.658. The molecule has 0 aromatic rings. The lowest BCUT2D eigenvalue weighted by Crippen LogP contribution is -1.82. The third kappa shape index (κ3) is 10.2. The maximum absolute atomic E-state index is 11.0. The van der Waals surface area contributed by atoms with Gasteiger partial charge in [-0.3, -0.25) is 4.57 Å². The standard InChI is InChI=1S/C5H11O3P.C2H6O3P/c1-4-5-9(6,7-2)8-3;1-4-6(3)5-2/h4-5H,1-3H3;1-2H3/q;+1/b5-4+;. The van der Waals surface area contributed by atoms with Gasteiger partial charge in [-0.2, -0.15) is 0 Å². The zero-order valence-corrected chi connectivity index (χ0v) is 11.3. The summed E-state index contributed by atoms with van der Waals surface area (Å²) in [4.78, 5) is 0. The van der Waals surface area contributed by atoms with Crippen LogP contribution in [0.1, 0.15) is 6.92 Å². The molecule has 0 radical (unpaired) electrons. The molecule has 0 heterocycles. The quantitative estimate of drug-likeness (QED) is 0.707. The second kappa shape index (κ2) is 10.4. The van der Waals surface area contributed by atoms with Crippen LogP contribution in [0.25, 0.3) is 0 Å². The smallest absolute Gasteiger partial charge is 0.309 e. The van der Waals surface area contributed by atoms with Gasteiger partial charge in [0.2, 0.25) is 0 Å². The predicted octanol–water partition coefficient (Wildman–Crippen LogP) is 2.94. The van der Waals surface area contributed by atoms with Crippen molar-refractivity contribution in [3.05, 3.63) is 11.9 Å². The van der Waals surface area contributed by atoms with Gasteiger partial charge in [-0.25, -0.2) is 0 Å².